The molecule has 0 saturated carbocycles. The highest BCUT2D eigenvalue weighted by Crippen LogP contribution is 2.31. The predicted molar refractivity (Wildman–Crippen MR) is 59.4 cm³/mol. The van der Waals surface area contributed by atoms with Crippen molar-refractivity contribution >= 4 is 0 Å². The molecule has 0 spiro atoms. The van der Waals surface area contributed by atoms with Gasteiger partial charge in [0, 0.05) is 17.6 Å². The van der Waals surface area contributed by atoms with Crippen molar-refractivity contribution in [3.63, 3.8) is 0 Å². The summed E-state index contributed by atoms with van der Waals surface area (Å²) in [6, 6.07) is 6.15. The topological polar surface area (TPSA) is 41.5 Å². The Hall–Kier alpha value is -1.22. The van der Waals surface area contributed by atoms with Crippen LogP contribution in [0, 0.1) is 0 Å². The van der Waals surface area contributed by atoms with Gasteiger partial charge in [0.25, 0.3) is 0 Å². The molecule has 1 aromatic carbocycles. The van der Waals surface area contributed by atoms with Gasteiger partial charge in [-0.1, -0.05) is 19.9 Å². The number of nitrogens with one attached hydrogen (secondary N) is 1. The molecule has 3 nitrogen and oxygen atoms in total. The highest BCUT2D eigenvalue weighted by atomic mass is 16.5. The van der Waals surface area contributed by atoms with Crippen LogP contribution in [0.3, 0.4) is 0 Å². The van der Waals surface area contributed by atoms with Crippen LogP contribution in [0.4, 0.5) is 0 Å². The van der Waals surface area contributed by atoms with Crippen LogP contribution in [0.2, 0.25) is 0 Å². The Kier molecular flexibility index (Phi) is 2.82. The van der Waals surface area contributed by atoms with Gasteiger partial charge in [-0.25, -0.2) is 0 Å². The summed E-state index contributed by atoms with van der Waals surface area (Å²) in [5.41, 5.74) is 0.918. The fourth-order valence-corrected chi connectivity index (χ4v) is 1.97. The molecule has 1 heterocycles. The van der Waals surface area contributed by atoms with E-state index in [0.717, 1.165) is 17.7 Å². The Labute approximate surface area is 90.1 Å². The van der Waals surface area contributed by atoms with Crippen molar-refractivity contribution in [3.05, 3.63) is 23.8 Å². The number of hydrogen-bond donors (Lipinski definition) is 2. The minimum Gasteiger partial charge on any atom is -0.508 e. The number of rotatable bonds is 2. The maximum absolute atomic E-state index is 9.70. The lowest BCUT2D eigenvalue weighted by Crippen LogP contribution is -2.42. The number of phenols is 1. The van der Waals surface area contributed by atoms with Crippen LogP contribution in [0.5, 0.6) is 11.5 Å². The molecule has 82 valence electrons. The van der Waals surface area contributed by atoms with E-state index in [9.17, 15) is 5.11 Å². The number of fused-ring (bicyclic) bond motifs is 1. The van der Waals surface area contributed by atoms with Gasteiger partial charge in [-0.3, -0.25) is 0 Å². The van der Waals surface area contributed by atoms with Gasteiger partial charge < -0.3 is 15.2 Å². The maximum atomic E-state index is 9.70. The highest BCUT2D eigenvalue weighted by Gasteiger charge is 2.22. The van der Waals surface area contributed by atoms with Crippen LogP contribution < -0.4 is 10.1 Å². The standard InChI is InChI=1S/C12H17NO2/c1-8(2)13-9-6-10-11(14)4-3-5-12(10)15-7-9/h3-5,8-9,13-14H,6-7H2,1-2H3. The number of benzene rings is 1. The van der Waals surface area contributed by atoms with E-state index in [1.54, 1.807) is 6.07 Å². The van der Waals surface area contributed by atoms with Crippen molar-refractivity contribution in [2.24, 2.45) is 0 Å². The SMILES string of the molecule is CC(C)NC1COc2cccc(O)c2C1. The summed E-state index contributed by atoms with van der Waals surface area (Å²) in [4.78, 5) is 0. The predicted octanol–water partition coefficient (Wildman–Crippen LogP) is 1.69. The van der Waals surface area contributed by atoms with Crippen LogP contribution in [0.15, 0.2) is 18.2 Å². The fraction of sp³-hybridized carbons (Fsp3) is 0.500. The molecular weight excluding hydrogens is 190 g/mol. The van der Waals surface area contributed by atoms with Crippen molar-refractivity contribution in [1.82, 2.24) is 5.32 Å². The second-order valence-electron chi connectivity index (χ2n) is 4.29. The Bertz CT molecular complexity index is 349. The molecule has 1 aliphatic heterocycles. The first-order valence-electron chi connectivity index (χ1n) is 5.36. The van der Waals surface area contributed by atoms with Gasteiger partial charge in [-0.05, 0) is 18.6 Å². The molecule has 0 amide bonds. The zero-order valence-corrected chi connectivity index (χ0v) is 9.16. The largest absolute Gasteiger partial charge is 0.508 e. The van der Waals surface area contributed by atoms with Crippen LogP contribution >= 0.6 is 0 Å². The summed E-state index contributed by atoms with van der Waals surface area (Å²) in [5.74, 6) is 1.15. The second-order valence-corrected chi connectivity index (χ2v) is 4.29. The average Bonchev–Trinajstić information content (AvgIpc) is 2.18. The zero-order valence-electron chi connectivity index (χ0n) is 9.16. The van der Waals surface area contributed by atoms with E-state index in [4.69, 9.17) is 4.74 Å². The van der Waals surface area contributed by atoms with Gasteiger partial charge in [-0.2, -0.15) is 0 Å². The number of ether oxygens (including phenoxy) is 1. The van der Waals surface area contributed by atoms with E-state index in [0.29, 0.717) is 24.4 Å². The molecule has 1 atom stereocenters. The molecule has 0 bridgehead atoms. The average molecular weight is 207 g/mol. The van der Waals surface area contributed by atoms with Gasteiger partial charge in [-0.15, -0.1) is 0 Å². The smallest absolute Gasteiger partial charge is 0.126 e. The van der Waals surface area contributed by atoms with E-state index in [-0.39, 0.29) is 0 Å². The Morgan fingerprint density at radius 1 is 1.47 bits per heavy atom. The van der Waals surface area contributed by atoms with Crippen LogP contribution in [0.1, 0.15) is 19.4 Å². The van der Waals surface area contributed by atoms with E-state index in [2.05, 4.69) is 19.2 Å². The molecule has 2 rings (SSSR count). The minimum absolute atomic E-state index is 0.297. The first-order chi connectivity index (χ1) is 7.16. The first-order valence-corrected chi connectivity index (χ1v) is 5.36. The molecule has 0 aromatic heterocycles. The van der Waals surface area contributed by atoms with E-state index in [1.807, 2.05) is 12.1 Å². The third-order valence-electron chi connectivity index (χ3n) is 2.57. The Balaban J connectivity index is 2.15. The van der Waals surface area contributed by atoms with Gasteiger partial charge >= 0.3 is 0 Å². The zero-order chi connectivity index (χ0) is 10.8. The summed E-state index contributed by atoms with van der Waals surface area (Å²) < 4.78 is 5.60. The fourth-order valence-electron chi connectivity index (χ4n) is 1.97. The Morgan fingerprint density at radius 2 is 2.27 bits per heavy atom. The molecule has 3 heteroatoms. The van der Waals surface area contributed by atoms with Gasteiger partial charge in [0.1, 0.15) is 18.1 Å². The lowest BCUT2D eigenvalue weighted by molar-refractivity contribution is 0.228. The van der Waals surface area contributed by atoms with Crippen LogP contribution in [-0.2, 0) is 6.42 Å². The molecule has 0 fully saturated rings. The summed E-state index contributed by atoms with van der Waals surface area (Å²) >= 11 is 0. The van der Waals surface area contributed by atoms with E-state index >= 15 is 0 Å². The minimum atomic E-state index is 0.297. The van der Waals surface area contributed by atoms with E-state index in [1.165, 1.54) is 0 Å². The third-order valence-corrected chi connectivity index (χ3v) is 2.57. The van der Waals surface area contributed by atoms with Crippen molar-refractivity contribution in [2.45, 2.75) is 32.4 Å². The van der Waals surface area contributed by atoms with Crippen molar-refractivity contribution in [2.75, 3.05) is 6.61 Å². The second kappa shape index (κ2) is 4.11. The molecule has 15 heavy (non-hydrogen) atoms. The van der Waals surface area contributed by atoms with E-state index < -0.39 is 0 Å². The maximum Gasteiger partial charge on any atom is 0.126 e. The monoisotopic (exact) mass is 207 g/mol. The normalized spacial score (nSPS) is 19.8. The summed E-state index contributed by atoms with van der Waals surface area (Å²) in [5, 5.41) is 13.1. The summed E-state index contributed by atoms with van der Waals surface area (Å²) in [6.45, 7) is 4.90. The van der Waals surface area contributed by atoms with Crippen LogP contribution in [-0.4, -0.2) is 23.8 Å². The number of hydrogen-bond acceptors (Lipinski definition) is 3. The molecule has 1 unspecified atom stereocenters. The highest BCUT2D eigenvalue weighted by molar-refractivity contribution is 5.45. The third kappa shape index (κ3) is 2.23. The van der Waals surface area contributed by atoms with Gasteiger partial charge in [0.2, 0.25) is 0 Å². The number of aromatic hydroxyl groups is 1. The molecule has 0 saturated heterocycles. The molecule has 1 aromatic rings. The van der Waals surface area contributed by atoms with Crippen molar-refractivity contribution in [3.8, 4) is 11.5 Å². The molecule has 0 aliphatic carbocycles. The lowest BCUT2D eigenvalue weighted by atomic mass is 10.0. The molecule has 1 aliphatic rings. The first kappa shape index (κ1) is 10.3. The molecular formula is C12H17NO2. The summed E-state index contributed by atoms with van der Waals surface area (Å²) in [6.07, 6.45) is 0.834. The van der Waals surface area contributed by atoms with Gasteiger partial charge in [0.15, 0.2) is 0 Å². The summed E-state index contributed by atoms with van der Waals surface area (Å²) in [7, 11) is 0. The quantitative estimate of drug-likeness (QED) is 0.775. The van der Waals surface area contributed by atoms with Gasteiger partial charge in [0.05, 0.1) is 0 Å². The van der Waals surface area contributed by atoms with Crippen molar-refractivity contribution < 1.29 is 9.84 Å². The van der Waals surface area contributed by atoms with Crippen LogP contribution in [0.25, 0.3) is 0 Å². The Morgan fingerprint density at radius 3 is 3.00 bits per heavy atom. The molecule has 2 N–H and O–H groups in total. The number of phenolic OH excluding ortho intramolecular Hbond substituents is 1. The molecule has 0 radical (unpaired) electrons. The lowest BCUT2D eigenvalue weighted by Gasteiger charge is -2.28. The van der Waals surface area contributed by atoms with Crippen molar-refractivity contribution in [1.29, 1.82) is 0 Å².